The summed E-state index contributed by atoms with van der Waals surface area (Å²) in [5, 5.41) is 0. The number of nitrogens with zero attached hydrogens (tertiary/aromatic N) is 2. The Hall–Kier alpha value is -0.0800. The van der Waals surface area contributed by atoms with Crippen molar-refractivity contribution < 1.29 is 0 Å². The molecule has 24 heavy (non-hydrogen) atoms. The maximum atomic E-state index is 2.57. The Morgan fingerprint density at radius 2 is 0.833 bits per heavy atom. The smallest absolute Gasteiger partial charge is 0.0125 e. The molecule has 0 unspecified atom stereocenters. The maximum absolute atomic E-state index is 2.57. The number of hydrogen-bond acceptors (Lipinski definition) is 2. The maximum Gasteiger partial charge on any atom is 0.0125 e. The predicted octanol–water partition coefficient (Wildman–Crippen LogP) is 6.31. The van der Waals surface area contributed by atoms with E-state index in [1.165, 1.54) is 39.0 Å². The highest BCUT2D eigenvalue weighted by Gasteiger charge is 2.28. The molecule has 148 valence electrons. The van der Waals surface area contributed by atoms with Crippen molar-refractivity contribution in [2.75, 3.05) is 26.2 Å². The van der Waals surface area contributed by atoms with Gasteiger partial charge in [0.25, 0.3) is 0 Å². The van der Waals surface area contributed by atoms with Crippen LogP contribution in [-0.4, -0.2) is 47.1 Å². The SMILES string of the molecule is CC.CC.C[C@@H]1CCN(C(C)(C)C)C1.C[C@H]1CCN(C(C)(C)C)C1. The van der Waals surface area contributed by atoms with Gasteiger partial charge in [-0.2, -0.15) is 0 Å². The van der Waals surface area contributed by atoms with Gasteiger partial charge in [-0.3, -0.25) is 9.80 Å². The van der Waals surface area contributed by atoms with Crippen molar-refractivity contribution in [1.82, 2.24) is 9.80 Å². The zero-order chi connectivity index (χ0) is 19.6. The summed E-state index contributed by atoms with van der Waals surface area (Å²) in [6.45, 7) is 31.6. The highest BCUT2D eigenvalue weighted by Crippen LogP contribution is 2.24. The summed E-state index contributed by atoms with van der Waals surface area (Å²) in [4.78, 5) is 5.13. The third-order valence-corrected chi connectivity index (χ3v) is 4.75. The Bertz CT molecular complexity index is 255. The number of likely N-dealkylation sites (tertiary alicyclic amines) is 2. The van der Waals surface area contributed by atoms with Crippen molar-refractivity contribution in [2.24, 2.45) is 11.8 Å². The minimum absolute atomic E-state index is 0.394. The summed E-state index contributed by atoms with van der Waals surface area (Å²) in [5.74, 6) is 1.83. The van der Waals surface area contributed by atoms with Gasteiger partial charge in [0, 0.05) is 24.2 Å². The summed E-state index contributed by atoms with van der Waals surface area (Å²) in [5.41, 5.74) is 0.787. The van der Waals surface area contributed by atoms with Crippen LogP contribution in [0.1, 0.15) is 95.9 Å². The topological polar surface area (TPSA) is 6.48 Å². The highest BCUT2D eigenvalue weighted by atomic mass is 15.2. The molecule has 0 bridgehead atoms. The quantitative estimate of drug-likeness (QED) is 0.509. The lowest BCUT2D eigenvalue weighted by molar-refractivity contribution is 0.169. The summed E-state index contributed by atoms with van der Waals surface area (Å²) in [7, 11) is 0. The summed E-state index contributed by atoms with van der Waals surface area (Å²) in [6, 6.07) is 0. The first-order chi connectivity index (χ1) is 11.0. The van der Waals surface area contributed by atoms with E-state index in [2.05, 4.69) is 65.2 Å². The minimum Gasteiger partial charge on any atom is -0.298 e. The van der Waals surface area contributed by atoms with Crippen LogP contribution in [0.2, 0.25) is 0 Å². The lowest BCUT2D eigenvalue weighted by atomic mass is 10.1. The molecule has 0 saturated carbocycles. The van der Waals surface area contributed by atoms with Gasteiger partial charge in [0.15, 0.2) is 0 Å². The minimum atomic E-state index is 0.394. The van der Waals surface area contributed by atoms with E-state index in [0.717, 1.165) is 11.8 Å². The standard InChI is InChI=1S/2C9H19N.2C2H6/c2*1-8-5-6-10(7-8)9(2,3)4;2*1-2/h2*8H,5-7H2,1-4H3;2*1-2H3/t2*8-;;/m10../s1. The molecule has 2 aliphatic rings. The monoisotopic (exact) mass is 342 g/mol. The highest BCUT2D eigenvalue weighted by molar-refractivity contribution is 4.83. The van der Waals surface area contributed by atoms with E-state index in [-0.39, 0.29) is 0 Å². The number of rotatable bonds is 0. The van der Waals surface area contributed by atoms with E-state index in [0.29, 0.717) is 11.1 Å². The van der Waals surface area contributed by atoms with Crippen LogP contribution in [0, 0.1) is 11.8 Å². The van der Waals surface area contributed by atoms with E-state index in [1.807, 2.05) is 27.7 Å². The van der Waals surface area contributed by atoms with Crippen LogP contribution in [0.4, 0.5) is 0 Å². The van der Waals surface area contributed by atoms with Crippen molar-refractivity contribution in [3.8, 4) is 0 Å². The lowest BCUT2D eigenvalue weighted by Gasteiger charge is -2.31. The van der Waals surface area contributed by atoms with Crippen LogP contribution >= 0.6 is 0 Å². The van der Waals surface area contributed by atoms with Gasteiger partial charge >= 0.3 is 0 Å². The molecule has 0 spiro atoms. The van der Waals surface area contributed by atoms with E-state index >= 15 is 0 Å². The van der Waals surface area contributed by atoms with Crippen LogP contribution in [0.3, 0.4) is 0 Å². The second-order valence-electron chi connectivity index (χ2n) is 9.02. The second-order valence-corrected chi connectivity index (χ2v) is 9.02. The normalized spacial score (nSPS) is 25.0. The molecule has 0 aromatic heterocycles. The molecule has 2 nitrogen and oxygen atoms in total. The Balaban J connectivity index is 0. The summed E-state index contributed by atoms with van der Waals surface area (Å²) < 4.78 is 0. The first kappa shape index (κ1) is 26.2. The third kappa shape index (κ3) is 10.7. The molecule has 0 N–H and O–H groups in total. The fraction of sp³-hybridized carbons (Fsp3) is 1.00. The van der Waals surface area contributed by atoms with Gasteiger partial charge in [0.05, 0.1) is 0 Å². The van der Waals surface area contributed by atoms with Crippen molar-refractivity contribution in [1.29, 1.82) is 0 Å². The number of hydrogen-bond donors (Lipinski definition) is 0. The van der Waals surface area contributed by atoms with E-state index in [9.17, 15) is 0 Å². The fourth-order valence-electron chi connectivity index (χ4n) is 3.09. The van der Waals surface area contributed by atoms with E-state index < -0.39 is 0 Å². The van der Waals surface area contributed by atoms with Crippen LogP contribution < -0.4 is 0 Å². The molecular weight excluding hydrogens is 292 g/mol. The molecule has 2 saturated heterocycles. The van der Waals surface area contributed by atoms with Gasteiger partial charge < -0.3 is 0 Å². The van der Waals surface area contributed by atoms with Gasteiger partial charge in [0.1, 0.15) is 0 Å². The summed E-state index contributed by atoms with van der Waals surface area (Å²) >= 11 is 0. The molecule has 0 aromatic rings. The van der Waals surface area contributed by atoms with Crippen LogP contribution in [0.5, 0.6) is 0 Å². The van der Waals surface area contributed by atoms with Crippen molar-refractivity contribution in [3.05, 3.63) is 0 Å². The molecule has 2 heteroatoms. The van der Waals surface area contributed by atoms with E-state index in [4.69, 9.17) is 0 Å². The van der Waals surface area contributed by atoms with Crippen molar-refractivity contribution in [2.45, 2.75) is 107 Å². The predicted molar refractivity (Wildman–Crippen MR) is 113 cm³/mol. The molecule has 0 amide bonds. The molecule has 2 aliphatic heterocycles. The van der Waals surface area contributed by atoms with Gasteiger partial charge in [-0.25, -0.2) is 0 Å². The fourth-order valence-corrected chi connectivity index (χ4v) is 3.09. The zero-order valence-corrected chi connectivity index (χ0v) is 19.3. The molecule has 2 rings (SSSR count). The first-order valence-electron chi connectivity index (χ1n) is 10.5. The zero-order valence-electron chi connectivity index (χ0n) is 19.3. The van der Waals surface area contributed by atoms with Crippen molar-refractivity contribution >= 4 is 0 Å². The first-order valence-corrected chi connectivity index (χ1v) is 10.5. The van der Waals surface area contributed by atoms with Crippen LogP contribution in [-0.2, 0) is 0 Å². The average Bonchev–Trinajstić information content (AvgIpc) is 3.12. The Kier molecular flexibility index (Phi) is 13.4. The average molecular weight is 343 g/mol. The molecular formula is C22H50N2. The van der Waals surface area contributed by atoms with Gasteiger partial charge in [-0.15, -0.1) is 0 Å². The second kappa shape index (κ2) is 12.3. The van der Waals surface area contributed by atoms with Crippen molar-refractivity contribution in [3.63, 3.8) is 0 Å². The van der Waals surface area contributed by atoms with E-state index in [1.54, 1.807) is 0 Å². The van der Waals surface area contributed by atoms with Gasteiger partial charge in [-0.05, 0) is 79.3 Å². The summed E-state index contributed by atoms with van der Waals surface area (Å²) in [6.07, 6.45) is 2.77. The van der Waals surface area contributed by atoms with Gasteiger partial charge in [0.2, 0.25) is 0 Å². The van der Waals surface area contributed by atoms with Gasteiger partial charge in [-0.1, -0.05) is 41.5 Å². The Morgan fingerprint density at radius 3 is 0.917 bits per heavy atom. The molecule has 0 radical (unpaired) electrons. The molecule has 2 fully saturated rings. The Labute approximate surface area is 155 Å². The molecule has 0 aliphatic carbocycles. The third-order valence-electron chi connectivity index (χ3n) is 4.75. The van der Waals surface area contributed by atoms with Crippen LogP contribution in [0.25, 0.3) is 0 Å². The lowest BCUT2D eigenvalue weighted by Crippen LogP contribution is -2.39. The largest absolute Gasteiger partial charge is 0.298 e. The molecule has 2 heterocycles. The molecule has 0 aromatic carbocycles. The Morgan fingerprint density at radius 1 is 0.583 bits per heavy atom. The molecule has 2 atom stereocenters. The van der Waals surface area contributed by atoms with Crippen LogP contribution in [0.15, 0.2) is 0 Å².